The van der Waals surface area contributed by atoms with E-state index in [2.05, 4.69) is 16.4 Å². The molecule has 0 aromatic carbocycles. The third-order valence-electron chi connectivity index (χ3n) is 2.38. The molecule has 0 aromatic rings. The van der Waals surface area contributed by atoms with E-state index in [1.54, 1.807) is 0 Å². The van der Waals surface area contributed by atoms with E-state index in [4.69, 9.17) is 0 Å². The van der Waals surface area contributed by atoms with Crippen molar-refractivity contribution in [2.45, 2.75) is 12.8 Å². The number of hydrogen-bond donors (Lipinski definition) is 0. The summed E-state index contributed by atoms with van der Waals surface area (Å²) < 4.78 is 0. The predicted octanol–water partition coefficient (Wildman–Crippen LogP) is 1.57. The fraction of sp³-hybridized carbons (Fsp3) is 0.444. The monoisotopic (exact) mass is 166 g/mol. The molecule has 1 heterocycles. The highest BCUT2D eigenvalue weighted by Gasteiger charge is 2.38. The number of carbonyl (C=O) groups excluding carboxylic acids is 1. The molecule has 2 unspecified atom stereocenters. The van der Waals surface area contributed by atoms with Crippen molar-refractivity contribution in [1.82, 2.24) is 0 Å². The molecule has 2 aliphatic rings. The lowest BCUT2D eigenvalue weighted by Crippen LogP contribution is -2.33. The number of rotatable bonds is 0. The third-order valence-corrected chi connectivity index (χ3v) is 2.38. The van der Waals surface area contributed by atoms with Crippen molar-refractivity contribution < 1.29 is 14.6 Å². The Morgan fingerprint density at radius 1 is 1.25 bits per heavy atom. The highest BCUT2D eigenvalue weighted by Crippen LogP contribution is 2.35. The first kappa shape index (κ1) is 7.40. The molecule has 0 amide bonds. The van der Waals surface area contributed by atoms with Crippen molar-refractivity contribution in [3.05, 3.63) is 24.5 Å². The van der Waals surface area contributed by atoms with Gasteiger partial charge in [-0.2, -0.15) is 0 Å². The maximum atomic E-state index is 11.2. The van der Waals surface area contributed by atoms with Crippen molar-refractivity contribution in [3.8, 4) is 0 Å². The maximum absolute atomic E-state index is 11.2. The average Bonchev–Trinajstić information content (AvgIpc) is 2.12. The lowest BCUT2D eigenvalue weighted by Gasteiger charge is -2.30. The van der Waals surface area contributed by atoms with Crippen molar-refractivity contribution in [3.63, 3.8) is 0 Å². The Morgan fingerprint density at radius 3 is 2.58 bits per heavy atom. The fourth-order valence-electron chi connectivity index (χ4n) is 1.65. The van der Waals surface area contributed by atoms with Crippen LogP contribution in [0.5, 0.6) is 0 Å². The molecule has 0 radical (unpaired) electrons. The van der Waals surface area contributed by atoms with Gasteiger partial charge in [0, 0.05) is 5.92 Å². The van der Waals surface area contributed by atoms with Crippen LogP contribution in [0.15, 0.2) is 24.5 Å². The lowest BCUT2D eigenvalue weighted by atomic mass is 9.82. The molecular formula is C9H10O3. The minimum Gasteiger partial charge on any atom is -0.292 e. The molecule has 2 rings (SSSR count). The van der Waals surface area contributed by atoms with Gasteiger partial charge < -0.3 is 0 Å². The molecule has 1 aliphatic heterocycles. The van der Waals surface area contributed by atoms with Gasteiger partial charge in [-0.15, -0.1) is 0 Å². The molecule has 0 aromatic heterocycles. The minimum absolute atomic E-state index is 0.0729. The van der Waals surface area contributed by atoms with Gasteiger partial charge in [-0.1, -0.05) is 18.7 Å². The molecule has 12 heavy (non-hydrogen) atoms. The minimum atomic E-state index is -0.267. The topological polar surface area (TPSA) is 35.5 Å². The van der Waals surface area contributed by atoms with Crippen LogP contribution in [-0.2, 0) is 14.6 Å². The van der Waals surface area contributed by atoms with E-state index in [9.17, 15) is 4.79 Å². The Bertz CT molecular complexity index is 228. The average molecular weight is 166 g/mol. The Labute approximate surface area is 70.6 Å². The molecule has 0 N–H and O–H groups in total. The molecule has 0 bridgehead atoms. The number of hydrogen-bond acceptors (Lipinski definition) is 3. The summed E-state index contributed by atoms with van der Waals surface area (Å²) >= 11 is 0. The van der Waals surface area contributed by atoms with Crippen LogP contribution in [0.1, 0.15) is 12.8 Å². The summed E-state index contributed by atoms with van der Waals surface area (Å²) in [5, 5.41) is 0. The van der Waals surface area contributed by atoms with Crippen molar-refractivity contribution in [1.29, 1.82) is 0 Å². The van der Waals surface area contributed by atoms with Crippen LogP contribution in [-0.4, -0.2) is 5.97 Å². The van der Waals surface area contributed by atoms with Gasteiger partial charge in [-0.05, 0) is 12.8 Å². The van der Waals surface area contributed by atoms with Gasteiger partial charge >= 0.3 is 5.97 Å². The zero-order chi connectivity index (χ0) is 8.55. The lowest BCUT2D eigenvalue weighted by molar-refractivity contribution is -0.274. The molecule has 1 saturated heterocycles. The van der Waals surface area contributed by atoms with Crippen LogP contribution in [0.25, 0.3) is 0 Å². The molecule has 3 heteroatoms. The van der Waals surface area contributed by atoms with Gasteiger partial charge in [0.1, 0.15) is 0 Å². The Kier molecular flexibility index (Phi) is 1.64. The second-order valence-corrected chi connectivity index (χ2v) is 3.11. The SMILES string of the molecule is C=C1OOC(=O)C2CC=CCC12. The van der Waals surface area contributed by atoms with Crippen molar-refractivity contribution in [2.24, 2.45) is 11.8 Å². The molecule has 64 valence electrons. The number of allylic oxidation sites excluding steroid dienone is 3. The maximum Gasteiger partial charge on any atom is 0.359 e. The first-order chi connectivity index (χ1) is 5.79. The summed E-state index contributed by atoms with van der Waals surface area (Å²) in [4.78, 5) is 20.3. The van der Waals surface area contributed by atoms with Gasteiger partial charge in [-0.25, -0.2) is 4.79 Å². The summed E-state index contributed by atoms with van der Waals surface area (Å²) in [5.41, 5.74) is 0. The summed E-state index contributed by atoms with van der Waals surface area (Å²) in [5.74, 6) is 0.355. The van der Waals surface area contributed by atoms with Crippen molar-refractivity contribution >= 4 is 5.97 Å². The first-order valence-corrected chi connectivity index (χ1v) is 4.01. The third kappa shape index (κ3) is 1.02. The molecule has 2 atom stereocenters. The van der Waals surface area contributed by atoms with E-state index in [0.29, 0.717) is 5.76 Å². The van der Waals surface area contributed by atoms with Crippen LogP contribution >= 0.6 is 0 Å². The largest absolute Gasteiger partial charge is 0.359 e. The van der Waals surface area contributed by atoms with E-state index >= 15 is 0 Å². The quantitative estimate of drug-likeness (QED) is 0.404. The Hall–Kier alpha value is -1.25. The van der Waals surface area contributed by atoms with Crippen LogP contribution in [0, 0.1) is 11.8 Å². The van der Waals surface area contributed by atoms with Crippen LogP contribution in [0.3, 0.4) is 0 Å². The van der Waals surface area contributed by atoms with Gasteiger partial charge in [0.2, 0.25) is 0 Å². The first-order valence-electron chi connectivity index (χ1n) is 4.01. The second kappa shape index (κ2) is 2.66. The van der Waals surface area contributed by atoms with Crippen LogP contribution < -0.4 is 0 Å². The highest BCUT2D eigenvalue weighted by molar-refractivity contribution is 5.74. The van der Waals surface area contributed by atoms with Crippen molar-refractivity contribution in [2.75, 3.05) is 0 Å². The molecular weight excluding hydrogens is 156 g/mol. The van der Waals surface area contributed by atoms with Gasteiger partial charge in [0.25, 0.3) is 0 Å². The zero-order valence-electron chi connectivity index (χ0n) is 6.66. The van der Waals surface area contributed by atoms with E-state index in [1.165, 1.54) is 0 Å². The van der Waals surface area contributed by atoms with Crippen LogP contribution in [0.4, 0.5) is 0 Å². The fourth-order valence-corrected chi connectivity index (χ4v) is 1.65. The molecule has 0 saturated carbocycles. The number of carbonyl (C=O) groups is 1. The summed E-state index contributed by atoms with van der Waals surface area (Å²) in [6.07, 6.45) is 5.62. The standard InChI is InChI=1S/C9H10O3/c1-6-7-4-2-3-5-8(7)9(10)12-11-6/h2-3,7-8H,1,4-5H2. The zero-order valence-corrected chi connectivity index (χ0v) is 6.66. The summed E-state index contributed by atoms with van der Waals surface area (Å²) in [7, 11) is 0. The summed E-state index contributed by atoms with van der Waals surface area (Å²) in [6, 6.07) is 0. The smallest absolute Gasteiger partial charge is 0.292 e. The Morgan fingerprint density at radius 2 is 1.92 bits per heavy atom. The number of fused-ring (bicyclic) bond motifs is 1. The molecule has 3 nitrogen and oxygen atoms in total. The van der Waals surface area contributed by atoms with E-state index in [1.807, 2.05) is 12.2 Å². The van der Waals surface area contributed by atoms with Crippen LogP contribution in [0.2, 0.25) is 0 Å². The van der Waals surface area contributed by atoms with E-state index in [0.717, 1.165) is 12.8 Å². The summed E-state index contributed by atoms with van der Waals surface area (Å²) in [6.45, 7) is 3.70. The van der Waals surface area contributed by atoms with Gasteiger partial charge in [0.05, 0.1) is 5.92 Å². The normalized spacial score (nSPS) is 33.7. The highest BCUT2D eigenvalue weighted by atomic mass is 17.2. The molecule has 0 spiro atoms. The van der Waals surface area contributed by atoms with E-state index < -0.39 is 0 Å². The Balaban J connectivity index is 2.23. The molecule has 1 fully saturated rings. The van der Waals surface area contributed by atoms with Gasteiger partial charge in [-0.3, -0.25) is 9.78 Å². The molecule has 1 aliphatic carbocycles. The van der Waals surface area contributed by atoms with Gasteiger partial charge in [0.15, 0.2) is 5.76 Å². The predicted molar refractivity (Wildman–Crippen MR) is 41.7 cm³/mol. The second-order valence-electron chi connectivity index (χ2n) is 3.11. The van der Waals surface area contributed by atoms with E-state index in [-0.39, 0.29) is 17.8 Å².